The number of hydrogen-bond acceptors (Lipinski definition) is 4. The third-order valence-corrected chi connectivity index (χ3v) is 5.97. The van der Waals surface area contributed by atoms with Crippen molar-refractivity contribution in [3.05, 3.63) is 71.0 Å². The Labute approximate surface area is 184 Å². The van der Waals surface area contributed by atoms with Gasteiger partial charge in [0.25, 0.3) is 0 Å². The van der Waals surface area contributed by atoms with Gasteiger partial charge in [-0.15, -0.1) is 0 Å². The smallest absolute Gasteiger partial charge is 0.238 e. The first-order valence-electron chi connectivity index (χ1n) is 10.9. The number of rotatable bonds is 5. The normalized spacial score (nSPS) is 14.6. The first kappa shape index (κ1) is 21.1. The molecule has 0 radical (unpaired) electrons. The average Bonchev–Trinajstić information content (AvgIpc) is 3.05. The molecule has 1 amide bonds. The summed E-state index contributed by atoms with van der Waals surface area (Å²) >= 11 is 0. The topological polar surface area (TPSA) is 53.4 Å². The highest BCUT2D eigenvalue weighted by Crippen LogP contribution is 2.27. The number of carbonyl (C=O) groups is 1. The summed E-state index contributed by atoms with van der Waals surface area (Å²) < 4.78 is 2.02. The van der Waals surface area contributed by atoms with Crippen molar-refractivity contribution >= 4 is 17.3 Å². The Balaban J connectivity index is 1.37. The minimum atomic E-state index is 0.0460. The molecule has 0 bridgehead atoms. The van der Waals surface area contributed by atoms with Crippen molar-refractivity contribution in [1.29, 1.82) is 0 Å². The molecule has 162 valence electrons. The van der Waals surface area contributed by atoms with Crippen LogP contribution in [0.5, 0.6) is 0 Å². The Bertz CT molecular complexity index is 1070. The highest BCUT2D eigenvalue weighted by Gasteiger charge is 2.24. The lowest BCUT2D eigenvalue weighted by atomic mass is 10.1. The molecule has 0 unspecified atom stereocenters. The zero-order valence-corrected chi connectivity index (χ0v) is 18.9. The van der Waals surface area contributed by atoms with Gasteiger partial charge >= 0.3 is 0 Å². The number of anilines is 2. The van der Waals surface area contributed by atoms with Gasteiger partial charge in [-0.05, 0) is 51.5 Å². The second-order valence-electron chi connectivity index (χ2n) is 8.40. The predicted octanol–water partition coefficient (Wildman–Crippen LogP) is 3.87. The highest BCUT2D eigenvalue weighted by molar-refractivity contribution is 5.93. The third-order valence-electron chi connectivity index (χ3n) is 5.97. The predicted molar refractivity (Wildman–Crippen MR) is 126 cm³/mol. The molecule has 31 heavy (non-hydrogen) atoms. The molecule has 0 spiro atoms. The summed E-state index contributed by atoms with van der Waals surface area (Å²) in [5.74, 6) is 0.0460. The molecule has 3 aromatic rings. The van der Waals surface area contributed by atoms with Crippen LogP contribution in [-0.4, -0.2) is 53.3 Å². The number of hydrogen-bond donors (Lipinski definition) is 1. The van der Waals surface area contributed by atoms with E-state index in [0.29, 0.717) is 6.54 Å². The van der Waals surface area contributed by atoms with Crippen LogP contribution in [0.1, 0.15) is 22.5 Å². The first-order valence-corrected chi connectivity index (χ1v) is 10.9. The molecule has 1 fully saturated rings. The van der Waals surface area contributed by atoms with Crippen LogP contribution in [0.4, 0.5) is 11.4 Å². The molecule has 6 nitrogen and oxygen atoms in total. The lowest BCUT2D eigenvalue weighted by molar-refractivity contribution is -0.117. The Morgan fingerprint density at radius 1 is 0.968 bits per heavy atom. The largest absolute Gasteiger partial charge is 0.366 e. The number of piperazine rings is 1. The van der Waals surface area contributed by atoms with Crippen molar-refractivity contribution in [3.63, 3.8) is 0 Å². The molecule has 1 aromatic heterocycles. The van der Waals surface area contributed by atoms with Gasteiger partial charge in [-0.2, -0.15) is 5.10 Å². The fourth-order valence-electron chi connectivity index (χ4n) is 4.39. The number of nitrogens with zero attached hydrogens (tertiary/aromatic N) is 4. The van der Waals surface area contributed by atoms with Crippen LogP contribution in [0.2, 0.25) is 0 Å². The minimum absolute atomic E-state index is 0.0460. The zero-order valence-electron chi connectivity index (χ0n) is 18.9. The van der Waals surface area contributed by atoms with Crippen molar-refractivity contribution in [1.82, 2.24) is 14.7 Å². The van der Waals surface area contributed by atoms with Crippen LogP contribution in [0.3, 0.4) is 0 Å². The summed E-state index contributed by atoms with van der Waals surface area (Å²) in [6, 6.07) is 16.4. The van der Waals surface area contributed by atoms with Gasteiger partial charge in [0, 0.05) is 31.9 Å². The molecular weight excluding hydrogens is 386 g/mol. The van der Waals surface area contributed by atoms with E-state index in [9.17, 15) is 4.79 Å². The van der Waals surface area contributed by atoms with E-state index in [0.717, 1.165) is 54.5 Å². The number of nitrogens with one attached hydrogen (secondary N) is 1. The van der Waals surface area contributed by atoms with Gasteiger partial charge in [0.15, 0.2) is 0 Å². The molecule has 2 heterocycles. The van der Waals surface area contributed by atoms with Crippen LogP contribution >= 0.6 is 0 Å². The van der Waals surface area contributed by atoms with E-state index in [1.807, 2.05) is 41.9 Å². The molecule has 1 aliphatic heterocycles. The fourth-order valence-corrected chi connectivity index (χ4v) is 4.39. The van der Waals surface area contributed by atoms with Gasteiger partial charge < -0.3 is 10.2 Å². The van der Waals surface area contributed by atoms with E-state index in [1.54, 1.807) is 0 Å². The fraction of sp³-hybridized carbons (Fsp3) is 0.360. The first-order chi connectivity index (χ1) is 14.9. The quantitative estimate of drug-likeness (QED) is 0.685. The van der Waals surface area contributed by atoms with Crippen LogP contribution in [-0.2, 0) is 4.79 Å². The van der Waals surface area contributed by atoms with Crippen molar-refractivity contribution in [2.24, 2.45) is 0 Å². The maximum Gasteiger partial charge on any atom is 0.238 e. The SMILES string of the molecule is Cc1ccc(NC(=O)CN2CCN(c3c(C)nn(-c4ccccc4)c3C)CC2)c(C)c1. The molecule has 1 N–H and O–H groups in total. The summed E-state index contributed by atoms with van der Waals surface area (Å²) in [5.41, 5.74) is 7.69. The van der Waals surface area contributed by atoms with Gasteiger partial charge in [-0.25, -0.2) is 4.68 Å². The van der Waals surface area contributed by atoms with Gasteiger partial charge in [-0.1, -0.05) is 35.9 Å². The van der Waals surface area contributed by atoms with E-state index >= 15 is 0 Å². The van der Waals surface area contributed by atoms with Crippen molar-refractivity contribution in [2.75, 3.05) is 42.9 Å². The van der Waals surface area contributed by atoms with Crippen LogP contribution in [0.25, 0.3) is 5.69 Å². The maximum absolute atomic E-state index is 12.6. The maximum atomic E-state index is 12.6. The van der Waals surface area contributed by atoms with E-state index in [2.05, 4.69) is 54.1 Å². The van der Waals surface area contributed by atoms with Gasteiger partial charge in [0.2, 0.25) is 5.91 Å². The monoisotopic (exact) mass is 417 g/mol. The van der Waals surface area contributed by atoms with Crippen LogP contribution < -0.4 is 10.2 Å². The van der Waals surface area contributed by atoms with E-state index in [1.165, 1.54) is 11.3 Å². The zero-order chi connectivity index (χ0) is 22.0. The van der Waals surface area contributed by atoms with E-state index in [4.69, 9.17) is 5.10 Å². The summed E-state index contributed by atoms with van der Waals surface area (Å²) in [6.07, 6.45) is 0. The molecule has 4 rings (SSSR count). The summed E-state index contributed by atoms with van der Waals surface area (Å²) in [5, 5.41) is 7.84. The Morgan fingerprint density at radius 2 is 1.68 bits per heavy atom. The standard InChI is InChI=1S/C25H31N5O/c1-18-10-11-23(19(2)16-18)26-24(31)17-28-12-14-29(15-13-28)25-20(3)27-30(21(25)4)22-8-6-5-7-9-22/h5-11,16H,12-15,17H2,1-4H3,(H,26,31). The number of carbonyl (C=O) groups excluding carboxylic acids is 1. The highest BCUT2D eigenvalue weighted by atomic mass is 16.2. The molecular formula is C25H31N5O. The van der Waals surface area contributed by atoms with Crippen molar-refractivity contribution in [3.8, 4) is 5.69 Å². The van der Waals surface area contributed by atoms with E-state index in [-0.39, 0.29) is 5.91 Å². The number of benzene rings is 2. The van der Waals surface area contributed by atoms with Crippen LogP contribution in [0, 0.1) is 27.7 Å². The average molecular weight is 418 g/mol. The number of aryl methyl sites for hydroxylation is 3. The third kappa shape index (κ3) is 4.64. The Kier molecular flexibility index (Phi) is 6.09. The molecule has 0 aliphatic carbocycles. The summed E-state index contributed by atoms with van der Waals surface area (Å²) in [4.78, 5) is 17.2. The lowest BCUT2D eigenvalue weighted by Gasteiger charge is -2.35. The Morgan fingerprint density at radius 3 is 2.35 bits per heavy atom. The van der Waals surface area contributed by atoms with E-state index < -0.39 is 0 Å². The summed E-state index contributed by atoms with van der Waals surface area (Å²) in [7, 11) is 0. The van der Waals surface area contributed by atoms with Crippen molar-refractivity contribution in [2.45, 2.75) is 27.7 Å². The molecule has 1 aliphatic rings. The second kappa shape index (κ2) is 8.94. The van der Waals surface area contributed by atoms with Crippen LogP contribution in [0.15, 0.2) is 48.5 Å². The second-order valence-corrected chi connectivity index (χ2v) is 8.40. The summed E-state index contributed by atoms with van der Waals surface area (Å²) in [6.45, 7) is 12.2. The lowest BCUT2D eigenvalue weighted by Crippen LogP contribution is -2.49. The molecule has 0 saturated carbocycles. The molecule has 6 heteroatoms. The Hall–Kier alpha value is -3.12. The number of amides is 1. The van der Waals surface area contributed by atoms with Gasteiger partial charge in [0.1, 0.15) is 0 Å². The van der Waals surface area contributed by atoms with Crippen molar-refractivity contribution < 1.29 is 4.79 Å². The molecule has 2 aromatic carbocycles. The van der Waals surface area contributed by atoms with Gasteiger partial charge in [-0.3, -0.25) is 9.69 Å². The number of aromatic nitrogens is 2. The molecule has 1 saturated heterocycles. The van der Waals surface area contributed by atoms with Gasteiger partial charge in [0.05, 0.1) is 29.3 Å². The minimum Gasteiger partial charge on any atom is -0.366 e. The molecule has 0 atom stereocenters. The number of para-hydroxylation sites is 1.